The van der Waals surface area contributed by atoms with Gasteiger partial charge in [0.1, 0.15) is 5.15 Å². The van der Waals surface area contributed by atoms with Crippen LogP contribution >= 0.6 is 11.6 Å². The van der Waals surface area contributed by atoms with E-state index in [4.69, 9.17) is 11.6 Å². The molecule has 0 amide bonds. The Kier molecular flexibility index (Phi) is 2.20. The van der Waals surface area contributed by atoms with Crippen molar-refractivity contribution in [2.24, 2.45) is 0 Å². The highest BCUT2D eigenvalue weighted by atomic mass is 35.5. The lowest BCUT2D eigenvalue weighted by molar-refractivity contribution is 0.135. The fraction of sp³-hybridized carbons (Fsp3) is 0.545. The highest BCUT2D eigenvalue weighted by Gasteiger charge is 2.45. The van der Waals surface area contributed by atoms with E-state index in [0.29, 0.717) is 17.1 Å². The minimum absolute atomic E-state index is 0.204. The summed E-state index contributed by atoms with van der Waals surface area (Å²) in [4.78, 5) is 4.09. The molecule has 3 unspecified atom stereocenters. The number of nitrogens with zero attached hydrogens (tertiary/aromatic N) is 1. The van der Waals surface area contributed by atoms with E-state index in [1.807, 2.05) is 18.3 Å². The molecular weight excluding hydrogens is 212 g/mol. The zero-order chi connectivity index (χ0) is 10.4. The second-order valence-electron chi connectivity index (χ2n) is 4.45. The summed E-state index contributed by atoms with van der Waals surface area (Å²) in [6.07, 6.45) is 3.61. The van der Waals surface area contributed by atoms with E-state index in [0.717, 1.165) is 12.8 Å². The van der Waals surface area contributed by atoms with Gasteiger partial charge in [0.15, 0.2) is 0 Å². The molecule has 2 N–H and O–H groups in total. The van der Waals surface area contributed by atoms with Gasteiger partial charge in [-0.3, -0.25) is 0 Å². The minimum atomic E-state index is -0.204. The minimum Gasteiger partial charge on any atom is -0.391 e. The Bertz CT molecular complexity index is 367. The molecule has 2 saturated heterocycles. The number of rotatable bonds is 1. The van der Waals surface area contributed by atoms with Gasteiger partial charge in [0.25, 0.3) is 0 Å². The largest absolute Gasteiger partial charge is 0.391 e. The smallest absolute Gasteiger partial charge is 0.129 e. The van der Waals surface area contributed by atoms with Crippen LogP contribution in [0.5, 0.6) is 0 Å². The van der Waals surface area contributed by atoms with E-state index in [-0.39, 0.29) is 12.1 Å². The van der Waals surface area contributed by atoms with Crippen LogP contribution in [-0.2, 0) is 0 Å². The second-order valence-corrected chi connectivity index (χ2v) is 4.84. The Morgan fingerprint density at radius 3 is 2.87 bits per heavy atom. The van der Waals surface area contributed by atoms with Crippen LogP contribution in [0.1, 0.15) is 24.3 Å². The first-order valence-corrected chi connectivity index (χ1v) is 5.67. The summed E-state index contributed by atoms with van der Waals surface area (Å²) in [6, 6.07) is 4.51. The summed E-state index contributed by atoms with van der Waals surface area (Å²) >= 11 is 5.75. The Morgan fingerprint density at radius 2 is 2.27 bits per heavy atom. The Balaban J connectivity index is 1.86. The van der Waals surface area contributed by atoms with E-state index >= 15 is 0 Å². The summed E-state index contributed by atoms with van der Waals surface area (Å²) in [5.74, 6) is 0.392. The molecule has 0 saturated carbocycles. The molecule has 2 aliphatic rings. The summed E-state index contributed by atoms with van der Waals surface area (Å²) < 4.78 is 0. The lowest BCUT2D eigenvalue weighted by Gasteiger charge is -2.24. The van der Waals surface area contributed by atoms with Crippen molar-refractivity contribution in [2.75, 3.05) is 0 Å². The van der Waals surface area contributed by atoms with Crippen molar-refractivity contribution in [3.05, 3.63) is 29.0 Å². The Morgan fingerprint density at radius 1 is 1.40 bits per heavy atom. The van der Waals surface area contributed by atoms with Gasteiger partial charge in [-0.15, -0.1) is 0 Å². The molecule has 2 bridgehead atoms. The van der Waals surface area contributed by atoms with Gasteiger partial charge in [-0.25, -0.2) is 4.98 Å². The Labute approximate surface area is 93.5 Å². The van der Waals surface area contributed by atoms with Crippen LogP contribution in [0.15, 0.2) is 18.3 Å². The number of aliphatic hydroxyl groups is 1. The third kappa shape index (κ3) is 1.55. The first-order chi connectivity index (χ1) is 7.24. The zero-order valence-corrected chi connectivity index (χ0v) is 8.98. The molecule has 2 aliphatic heterocycles. The lowest BCUT2D eigenvalue weighted by Crippen LogP contribution is -2.32. The molecule has 1 aromatic rings. The molecule has 2 fully saturated rings. The van der Waals surface area contributed by atoms with Crippen LogP contribution in [0.4, 0.5) is 0 Å². The van der Waals surface area contributed by atoms with E-state index in [1.54, 1.807) is 0 Å². The number of nitrogens with one attached hydrogen (secondary N) is 1. The molecule has 0 aromatic carbocycles. The van der Waals surface area contributed by atoms with Gasteiger partial charge in [-0.2, -0.15) is 0 Å². The third-order valence-corrected chi connectivity index (χ3v) is 3.74. The van der Waals surface area contributed by atoms with Crippen molar-refractivity contribution >= 4 is 11.6 Å². The average Bonchev–Trinajstić information content (AvgIpc) is 2.77. The summed E-state index contributed by atoms with van der Waals surface area (Å²) in [6.45, 7) is 0. The highest BCUT2D eigenvalue weighted by molar-refractivity contribution is 6.29. The average molecular weight is 225 g/mol. The van der Waals surface area contributed by atoms with Crippen LogP contribution in [0.3, 0.4) is 0 Å². The number of hydrogen-bond acceptors (Lipinski definition) is 3. The number of aliphatic hydroxyl groups excluding tert-OH is 1. The van der Waals surface area contributed by atoms with E-state index in [9.17, 15) is 5.11 Å². The topological polar surface area (TPSA) is 45.2 Å². The molecular formula is C11H13ClN2O. The van der Waals surface area contributed by atoms with Gasteiger partial charge in [-0.1, -0.05) is 17.7 Å². The molecule has 4 atom stereocenters. The van der Waals surface area contributed by atoms with Gasteiger partial charge < -0.3 is 10.4 Å². The fourth-order valence-electron chi connectivity index (χ4n) is 2.84. The van der Waals surface area contributed by atoms with Gasteiger partial charge in [0.2, 0.25) is 0 Å². The lowest BCUT2D eigenvalue weighted by atomic mass is 9.83. The van der Waals surface area contributed by atoms with Crippen LogP contribution in [-0.4, -0.2) is 28.3 Å². The molecule has 0 aliphatic carbocycles. The molecule has 0 radical (unpaired) electrons. The molecule has 0 spiro atoms. The molecule has 3 nitrogen and oxygen atoms in total. The maximum absolute atomic E-state index is 9.80. The highest BCUT2D eigenvalue weighted by Crippen LogP contribution is 2.39. The van der Waals surface area contributed by atoms with Gasteiger partial charge in [0.05, 0.1) is 6.10 Å². The Hall–Kier alpha value is -0.640. The van der Waals surface area contributed by atoms with Crippen molar-refractivity contribution in [1.29, 1.82) is 0 Å². The second kappa shape index (κ2) is 3.44. The van der Waals surface area contributed by atoms with Gasteiger partial charge in [-0.05, 0) is 24.5 Å². The third-order valence-electron chi connectivity index (χ3n) is 3.52. The molecule has 15 heavy (non-hydrogen) atoms. The van der Waals surface area contributed by atoms with Gasteiger partial charge >= 0.3 is 0 Å². The quantitative estimate of drug-likeness (QED) is 0.708. The summed E-state index contributed by atoms with van der Waals surface area (Å²) in [5.41, 5.74) is 1.18. The van der Waals surface area contributed by atoms with Crippen molar-refractivity contribution in [2.45, 2.75) is 36.9 Å². The molecule has 3 heterocycles. The van der Waals surface area contributed by atoms with Crippen molar-refractivity contribution in [1.82, 2.24) is 10.3 Å². The monoisotopic (exact) mass is 224 g/mol. The van der Waals surface area contributed by atoms with Crippen molar-refractivity contribution in [3.8, 4) is 0 Å². The van der Waals surface area contributed by atoms with E-state index in [1.165, 1.54) is 5.56 Å². The van der Waals surface area contributed by atoms with Crippen molar-refractivity contribution < 1.29 is 5.11 Å². The first-order valence-electron chi connectivity index (χ1n) is 5.29. The molecule has 80 valence electrons. The normalized spacial score (nSPS) is 38.5. The maximum atomic E-state index is 9.80. The fourth-order valence-corrected chi connectivity index (χ4v) is 2.95. The summed E-state index contributed by atoms with van der Waals surface area (Å²) in [7, 11) is 0. The number of halogens is 1. The summed E-state index contributed by atoms with van der Waals surface area (Å²) in [5, 5.41) is 13.8. The molecule has 1 aromatic heterocycles. The predicted octanol–water partition coefficient (Wildman–Crippen LogP) is 1.31. The van der Waals surface area contributed by atoms with Crippen LogP contribution in [0.25, 0.3) is 0 Å². The zero-order valence-electron chi connectivity index (χ0n) is 8.23. The van der Waals surface area contributed by atoms with E-state index < -0.39 is 0 Å². The first kappa shape index (κ1) is 9.58. The number of pyridine rings is 1. The molecule has 3 rings (SSSR count). The van der Waals surface area contributed by atoms with Gasteiger partial charge in [0, 0.05) is 24.2 Å². The van der Waals surface area contributed by atoms with Crippen LogP contribution in [0.2, 0.25) is 5.15 Å². The number of hydrogen-bond donors (Lipinski definition) is 2. The van der Waals surface area contributed by atoms with Crippen molar-refractivity contribution in [3.63, 3.8) is 0 Å². The number of fused-ring (bicyclic) bond motifs is 2. The SMILES string of the molecule is O[C@@H]1CC2CC(c3ccc(Cl)nc3)C1N2. The van der Waals surface area contributed by atoms with E-state index in [2.05, 4.69) is 10.3 Å². The number of aromatic nitrogens is 1. The standard InChI is InChI=1S/C11H13ClN2O/c12-10-2-1-6(5-13-10)8-3-7-4-9(15)11(8)14-7/h1-2,5,7-9,11,14-15H,3-4H2/t7?,8?,9-,11?/m1/s1. The molecule has 4 heteroatoms. The van der Waals surface area contributed by atoms with Crippen LogP contribution < -0.4 is 5.32 Å². The van der Waals surface area contributed by atoms with Crippen LogP contribution in [0, 0.1) is 0 Å². The predicted molar refractivity (Wildman–Crippen MR) is 57.9 cm³/mol. The maximum Gasteiger partial charge on any atom is 0.129 e.